The van der Waals surface area contributed by atoms with Crippen molar-refractivity contribution in [3.05, 3.63) is 64.1 Å². The van der Waals surface area contributed by atoms with E-state index < -0.39 is 0 Å². The monoisotopic (exact) mass is 286 g/mol. The molecule has 4 nitrogen and oxygen atoms in total. The zero-order valence-electron chi connectivity index (χ0n) is 12.8. The number of nitrogens with zero attached hydrogens (tertiary/aromatic N) is 1. The topological polar surface area (TPSA) is 43.3 Å². The van der Waals surface area contributed by atoms with Crippen molar-refractivity contribution in [1.82, 2.24) is 9.88 Å². The van der Waals surface area contributed by atoms with Crippen molar-refractivity contribution in [2.75, 3.05) is 13.7 Å². The first kappa shape index (κ1) is 15.3. The van der Waals surface area contributed by atoms with Crippen molar-refractivity contribution in [3.63, 3.8) is 0 Å². The molecule has 2 aromatic rings. The summed E-state index contributed by atoms with van der Waals surface area (Å²) in [7, 11) is 1.90. The number of nitrogens with one attached hydrogen (secondary N) is 1. The minimum atomic E-state index is 0.0289. The van der Waals surface area contributed by atoms with Crippen LogP contribution < -0.4 is 15.6 Å². The van der Waals surface area contributed by atoms with Crippen LogP contribution in [0.2, 0.25) is 0 Å². The first-order chi connectivity index (χ1) is 10.1. The molecule has 0 aliphatic heterocycles. The molecule has 2 rings (SSSR count). The van der Waals surface area contributed by atoms with E-state index in [4.69, 9.17) is 4.74 Å². The number of aromatic nitrogens is 1. The lowest BCUT2D eigenvalue weighted by Gasteiger charge is -2.18. The van der Waals surface area contributed by atoms with Gasteiger partial charge in [-0.2, -0.15) is 0 Å². The highest BCUT2D eigenvalue weighted by atomic mass is 16.5. The molecule has 1 N–H and O–H groups in total. The van der Waals surface area contributed by atoms with Crippen LogP contribution >= 0.6 is 0 Å². The second-order valence-corrected chi connectivity index (χ2v) is 5.04. The molecule has 0 spiro atoms. The highest BCUT2D eigenvalue weighted by molar-refractivity contribution is 5.29. The van der Waals surface area contributed by atoms with Crippen molar-refractivity contribution in [3.8, 4) is 5.75 Å². The summed E-state index contributed by atoms with van der Waals surface area (Å²) in [5.74, 6) is 0.864. The number of hydrogen-bond acceptors (Lipinski definition) is 3. The maximum absolute atomic E-state index is 12.0. The van der Waals surface area contributed by atoms with Gasteiger partial charge in [-0.3, -0.25) is 4.79 Å². The molecule has 1 atom stereocenters. The zero-order valence-corrected chi connectivity index (χ0v) is 12.8. The van der Waals surface area contributed by atoms with Crippen LogP contribution in [0, 0.1) is 6.92 Å². The molecule has 0 radical (unpaired) electrons. The van der Waals surface area contributed by atoms with Gasteiger partial charge in [-0.15, -0.1) is 0 Å². The van der Waals surface area contributed by atoms with Crippen LogP contribution in [-0.4, -0.2) is 18.2 Å². The third kappa shape index (κ3) is 3.95. The number of ether oxygens (including phenoxy) is 1. The highest BCUT2D eigenvalue weighted by Crippen LogP contribution is 2.18. The summed E-state index contributed by atoms with van der Waals surface area (Å²) >= 11 is 0. The second-order valence-electron chi connectivity index (χ2n) is 5.04. The van der Waals surface area contributed by atoms with Gasteiger partial charge in [0.05, 0.1) is 12.6 Å². The predicted octanol–water partition coefficient (Wildman–Crippen LogP) is 2.52. The van der Waals surface area contributed by atoms with E-state index in [0.717, 1.165) is 16.9 Å². The molecular weight excluding hydrogens is 264 g/mol. The first-order valence-corrected chi connectivity index (χ1v) is 7.21. The van der Waals surface area contributed by atoms with Gasteiger partial charge in [0.2, 0.25) is 0 Å². The summed E-state index contributed by atoms with van der Waals surface area (Å²) in [4.78, 5) is 12.0. The number of rotatable bonds is 6. The maximum Gasteiger partial charge on any atom is 0.250 e. The summed E-state index contributed by atoms with van der Waals surface area (Å²) in [6.45, 7) is 5.15. The molecule has 1 heterocycles. The lowest BCUT2D eigenvalue weighted by Crippen LogP contribution is -2.28. The third-order valence-electron chi connectivity index (χ3n) is 3.47. The minimum absolute atomic E-state index is 0.0289. The summed E-state index contributed by atoms with van der Waals surface area (Å²) in [6, 6.07) is 11.7. The first-order valence-electron chi connectivity index (χ1n) is 7.21. The Balaban J connectivity index is 2.17. The van der Waals surface area contributed by atoms with Crippen LogP contribution in [0.1, 0.15) is 24.1 Å². The van der Waals surface area contributed by atoms with Gasteiger partial charge < -0.3 is 14.6 Å². The number of likely N-dealkylation sites (N-methyl/N-ethyl adjacent to an activating group) is 1. The van der Waals surface area contributed by atoms with E-state index in [1.807, 2.05) is 57.4 Å². The van der Waals surface area contributed by atoms with E-state index in [-0.39, 0.29) is 11.6 Å². The molecule has 0 saturated carbocycles. The van der Waals surface area contributed by atoms with Gasteiger partial charge in [0.1, 0.15) is 5.75 Å². The Hall–Kier alpha value is -2.07. The van der Waals surface area contributed by atoms with Crippen molar-refractivity contribution < 1.29 is 4.74 Å². The number of benzene rings is 1. The normalized spacial score (nSPS) is 12.1. The molecule has 0 aliphatic rings. The third-order valence-corrected chi connectivity index (χ3v) is 3.47. The molecule has 112 valence electrons. The standard InChI is InChI=1S/C17H22N2O2/c1-4-21-15-7-5-14(6-8-15)16(18-3)12-19-10-9-13(2)11-17(19)20/h5-11,16,18H,4,12H2,1-3H3. The summed E-state index contributed by atoms with van der Waals surface area (Å²) in [5, 5.41) is 3.26. The Morgan fingerprint density at radius 1 is 1.24 bits per heavy atom. The fourth-order valence-electron chi connectivity index (χ4n) is 2.28. The Labute approximate surface area is 125 Å². The van der Waals surface area contributed by atoms with E-state index >= 15 is 0 Å². The number of pyridine rings is 1. The summed E-state index contributed by atoms with van der Waals surface area (Å²) < 4.78 is 7.18. The largest absolute Gasteiger partial charge is 0.494 e. The second kappa shape index (κ2) is 7.09. The molecule has 1 aromatic carbocycles. The quantitative estimate of drug-likeness (QED) is 0.887. The van der Waals surface area contributed by atoms with Crippen molar-refractivity contribution in [2.24, 2.45) is 0 Å². The average molecular weight is 286 g/mol. The zero-order chi connectivity index (χ0) is 15.2. The average Bonchev–Trinajstić information content (AvgIpc) is 2.48. The van der Waals surface area contributed by atoms with Crippen LogP contribution in [0.25, 0.3) is 0 Å². The number of hydrogen-bond donors (Lipinski definition) is 1. The van der Waals surface area contributed by atoms with E-state index in [9.17, 15) is 4.79 Å². The Morgan fingerprint density at radius 2 is 1.95 bits per heavy atom. The molecule has 0 bridgehead atoms. The molecule has 21 heavy (non-hydrogen) atoms. The van der Waals surface area contributed by atoms with E-state index in [1.165, 1.54) is 0 Å². The Kier molecular flexibility index (Phi) is 5.17. The van der Waals surface area contributed by atoms with Crippen LogP contribution in [0.3, 0.4) is 0 Å². The maximum atomic E-state index is 12.0. The highest BCUT2D eigenvalue weighted by Gasteiger charge is 2.11. The Bertz CT molecular complexity index is 632. The molecule has 0 amide bonds. The molecule has 4 heteroatoms. The fourth-order valence-corrected chi connectivity index (χ4v) is 2.28. The van der Waals surface area contributed by atoms with Crippen molar-refractivity contribution in [2.45, 2.75) is 26.4 Å². The summed E-state index contributed by atoms with van der Waals surface area (Å²) in [6.07, 6.45) is 1.84. The molecule has 0 aliphatic carbocycles. The van der Waals surface area contributed by atoms with Gasteiger partial charge in [-0.1, -0.05) is 12.1 Å². The van der Waals surface area contributed by atoms with Crippen LogP contribution in [0.4, 0.5) is 0 Å². The minimum Gasteiger partial charge on any atom is -0.494 e. The van der Waals surface area contributed by atoms with Gasteiger partial charge in [0, 0.05) is 18.8 Å². The molecular formula is C17H22N2O2. The summed E-state index contributed by atoms with van der Waals surface area (Å²) in [5.41, 5.74) is 2.15. The van der Waals surface area contributed by atoms with Gasteiger partial charge >= 0.3 is 0 Å². The van der Waals surface area contributed by atoms with Gasteiger partial charge in [-0.05, 0) is 50.2 Å². The molecule has 0 fully saturated rings. The predicted molar refractivity (Wildman–Crippen MR) is 84.9 cm³/mol. The van der Waals surface area contributed by atoms with Gasteiger partial charge in [-0.25, -0.2) is 0 Å². The van der Waals surface area contributed by atoms with Crippen LogP contribution in [-0.2, 0) is 6.54 Å². The van der Waals surface area contributed by atoms with Gasteiger partial charge in [0.15, 0.2) is 0 Å². The van der Waals surface area contributed by atoms with Gasteiger partial charge in [0.25, 0.3) is 5.56 Å². The van der Waals surface area contributed by atoms with E-state index in [2.05, 4.69) is 5.32 Å². The SMILES string of the molecule is CCOc1ccc(C(Cn2ccc(C)cc2=O)NC)cc1. The van der Waals surface area contributed by atoms with Crippen molar-refractivity contribution in [1.29, 1.82) is 0 Å². The number of aryl methyl sites for hydroxylation is 1. The van der Waals surface area contributed by atoms with Crippen LogP contribution in [0.15, 0.2) is 47.4 Å². The van der Waals surface area contributed by atoms with E-state index in [1.54, 1.807) is 10.6 Å². The van der Waals surface area contributed by atoms with E-state index in [0.29, 0.717) is 13.2 Å². The smallest absolute Gasteiger partial charge is 0.250 e. The molecule has 1 aromatic heterocycles. The Morgan fingerprint density at radius 3 is 2.52 bits per heavy atom. The lowest BCUT2D eigenvalue weighted by molar-refractivity contribution is 0.340. The molecule has 0 saturated heterocycles. The fraction of sp³-hybridized carbons (Fsp3) is 0.353. The lowest BCUT2D eigenvalue weighted by atomic mass is 10.1. The molecule has 1 unspecified atom stereocenters. The van der Waals surface area contributed by atoms with Crippen molar-refractivity contribution >= 4 is 0 Å². The van der Waals surface area contributed by atoms with Crippen LogP contribution in [0.5, 0.6) is 5.75 Å².